The number of piperazine rings is 1. The fourth-order valence-electron chi connectivity index (χ4n) is 2.86. The van der Waals surface area contributed by atoms with Gasteiger partial charge < -0.3 is 10.2 Å². The Morgan fingerprint density at radius 2 is 1.91 bits per heavy atom. The second kappa shape index (κ2) is 7.20. The molecule has 6 heteroatoms. The van der Waals surface area contributed by atoms with Gasteiger partial charge in [-0.3, -0.25) is 4.98 Å². The summed E-state index contributed by atoms with van der Waals surface area (Å²) in [7, 11) is 0. The van der Waals surface area contributed by atoms with E-state index in [0.717, 1.165) is 56.5 Å². The van der Waals surface area contributed by atoms with Gasteiger partial charge in [-0.2, -0.15) is 0 Å². The van der Waals surface area contributed by atoms with E-state index < -0.39 is 11.6 Å². The normalized spacial score (nSPS) is 15.0. The third-order valence-electron chi connectivity index (χ3n) is 3.82. The summed E-state index contributed by atoms with van der Waals surface area (Å²) < 4.78 is 27.7. The van der Waals surface area contributed by atoms with Gasteiger partial charge in [0.1, 0.15) is 11.6 Å². The summed E-state index contributed by atoms with van der Waals surface area (Å²) >= 11 is 0. The van der Waals surface area contributed by atoms with Crippen LogP contribution in [-0.4, -0.2) is 31.2 Å². The molecule has 120 valence electrons. The molecule has 0 unspecified atom stereocenters. The first-order valence-electron chi connectivity index (χ1n) is 7.43. The molecule has 1 aromatic carbocycles. The Labute approximate surface area is 135 Å². The highest BCUT2D eigenvalue weighted by Gasteiger charge is 2.18. The van der Waals surface area contributed by atoms with Crippen LogP contribution in [0.15, 0.2) is 18.2 Å². The summed E-state index contributed by atoms with van der Waals surface area (Å²) in [5.41, 5.74) is 2.14. The highest BCUT2D eigenvalue weighted by atomic mass is 35.5. The number of aryl methyl sites for hydroxylation is 1. The SMILES string of the molecule is CCCc1cc(N2CCNCC2)c2c(F)cc(F)cc2n1.Cl. The molecule has 1 N–H and O–H groups in total. The molecule has 1 aliphatic rings. The van der Waals surface area contributed by atoms with Crippen molar-refractivity contribution >= 4 is 29.0 Å². The molecule has 0 atom stereocenters. The average Bonchev–Trinajstić information content (AvgIpc) is 2.47. The number of hydrogen-bond donors (Lipinski definition) is 1. The van der Waals surface area contributed by atoms with Crippen LogP contribution in [0.5, 0.6) is 0 Å². The Bertz CT molecular complexity index is 657. The number of fused-ring (bicyclic) bond motifs is 1. The first kappa shape index (κ1) is 16.9. The topological polar surface area (TPSA) is 28.2 Å². The second-order valence-corrected chi connectivity index (χ2v) is 5.40. The van der Waals surface area contributed by atoms with Crippen LogP contribution in [0.4, 0.5) is 14.5 Å². The first-order chi connectivity index (χ1) is 10.2. The van der Waals surface area contributed by atoms with Gasteiger partial charge in [-0.05, 0) is 12.5 Å². The molecule has 1 saturated heterocycles. The molecular formula is C16H20ClF2N3. The third-order valence-corrected chi connectivity index (χ3v) is 3.82. The van der Waals surface area contributed by atoms with Crippen LogP contribution in [0.3, 0.4) is 0 Å². The van der Waals surface area contributed by atoms with Crippen molar-refractivity contribution in [2.45, 2.75) is 19.8 Å². The Kier molecular flexibility index (Phi) is 5.53. The molecule has 0 radical (unpaired) electrons. The zero-order valence-corrected chi connectivity index (χ0v) is 13.3. The predicted octanol–water partition coefficient (Wildman–Crippen LogP) is 3.30. The number of hydrogen-bond acceptors (Lipinski definition) is 3. The van der Waals surface area contributed by atoms with E-state index in [1.165, 1.54) is 6.07 Å². The fourth-order valence-corrected chi connectivity index (χ4v) is 2.86. The molecule has 0 spiro atoms. The maximum atomic E-state index is 14.3. The average molecular weight is 328 g/mol. The minimum absolute atomic E-state index is 0. The molecule has 2 aromatic rings. The first-order valence-corrected chi connectivity index (χ1v) is 7.43. The van der Waals surface area contributed by atoms with Crippen molar-refractivity contribution in [2.75, 3.05) is 31.1 Å². The quantitative estimate of drug-likeness (QED) is 0.937. The molecule has 0 aliphatic carbocycles. The highest BCUT2D eigenvalue weighted by molar-refractivity contribution is 5.92. The van der Waals surface area contributed by atoms with Crippen LogP contribution in [0, 0.1) is 11.6 Å². The zero-order valence-electron chi connectivity index (χ0n) is 12.5. The fraction of sp³-hybridized carbons (Fsp3) is 0.438. The summed E-state index contributed by atoms with van der Waals surface area (Å²) in [5, 5.41) is 3.71. The number of anilines is 1. The Morgan fingerprint density at radius 3 is 2.59 bits per heavy atom. The van der Waals surface area contributed by atoms with E-state index >= 15 is 0 Å². The summed E-state index contributed by atoms with van der Waals surface area (Å²) in [6.07, 6.45) is 1.77. The van der Waals surface area contributed by atoms with Gasteiger partial charge in [-0.15, -0.1) is 12.4 Å². The van der Waals surface area contributed by atoms with Crippen molar-refractivity contribution in [3.05, 3.63) is 35.5 Å². The molecular weight excluding hydrogens is 308 g/mol. The largest absolute Gasteiger partial charge is 0.368 e. The van der Waals surface area contributed by atoms with Gasteiger partial charge in [0, 0.05) is 44.0 Å². The highest BCUT2D eigenvalue weighted by Crippen LogP contribution is 2.30. The molecule has 2 heterocycles. The summed E-state index contributed by atoms with van der Waals surface area (Å²) in [6.45, 7) is 5.46. The van der Waals surface area contributed by atoms with Crippen LogP contribution >= 0.6 is 12.4 Å². The molecule has 3 rings (SSSR count). The van der Waals surface area contributed by atoms with Gasteiger partial charge in [0.15, 0.2) is 0 Å². The number of nitrogens with zero attached hydrogens (tertiary/aromatic N) is 2. The van der Waals surface area contributed by atoms with Gasteiger partial charge in [-0.1, -0.05) is 13.3 Å². The lowest BCUT2D eigenvalue weighted by Gasteiger charge is -2.30. The van der Waals surface area contributed by atoms with Crippen molar-refractivity contribution in [3.63, 3.8) is 0 Å². The van der Waals surface area contributed by atoms with Gasteiger partial charge in [0.25, 0.3) is 0 Å². The van der Waals surface area contributed by atoms with Crippen molar-refractivity contribution < 1.29 is 8.78 Å². The molecule has 3 nitrogen and oxygen atoms in total. The second-order valence-electron chi connectivity index (χ2n) is 5.40. The Balaban J connectivity index is 0.00000176. The number of benzene rings is 1. The minimum atomic E-state index is -0.576. The van der Waals surface area contributed by atoms with Crippen LogP contribution in [-0.2, 0) is 6.42 Å². The lowest BCUT2D eigenvalue weighted by Crippen LogP contribution is -2.43. The summed E-state index contributed by atoms with van der Waals surface area (Å²) in [6, 6.07) is 4.22. The lowest BCUT2D eigenvalue weighted by molar-refractivity contribution is 0.582. The van der Waals surface area contributed by atoms with Gasteiger partial charge >= 0.3 is 0 Å². The van der Waals surface area contributed by atoms with E-state index in [4.69, 9.17) is 0 Å². The molecule has 0 bridgehead atoms. The third kappa shape index (κ3) is 3.31. The monoisotopic (exact) mass is 327 g/mol. The Morgan fingerprint density at radius 1 is 1.18 bits per heavy atom. The van der Waals surface area contributed by atoms with Crippen LogP contribution in [0.1, 0.15) is 19.0 Å². The van der Waals surface area contributed by atoms with Gasteiger partial charge in [0.05, 0.1) is 16.6 Å². The van der Waals surface area contributed by atoms with Crippen LogP contribution < -0.4 is 10.2 Å². The van der Waals surface area contributed by atoms with E-state index in [2.05, 4.69) is 22.1 Å². The molecule has 1 aliphatic heterocycles. The number of nitrogens with one attached hydrogen (secondary N) is 1. The van der Waals surface area contributed by atoms with Gasteiger partial charge in [0.2, 0.25) is 0 Å². The zero-order chi connectivity index (χ0) is 14.8. The summed E-state index contributed by atoms with van der Waals surface area (Å²) in [5.74, 6) is -1.11. The molecule has 0 saturated carbocycles. The Hall–Kier alpha value is -1.46. The number of pyridine rings is 1. The maximum Gasteiger partial charge on any atom is 0.137 e. The van der Waals surface area contributed by atoms with E-state index in [1.807, 2.05) is 6.07 Å². The van der Waals surface area contributed by atoms with Crippen molar-refractivity contribution in [2.24, 2.45) is 0 Å². The van der Waals surface area contributed by atoms with E-state index in [0.29, 0.717) is 10.9 Å². The van der Waals surface area contributed by atoms with Crippen molar-refractivity contribution in [3.8, 4) is 0 Å². The molecule has 1 aromatic heterocycles. The standard InChI is InChI=1S/C16H19F2N3.ClH/c1-2-3-12-10-15(21-6-4-19-5-7-21)16-13(18)8-11(17)9-14(16)20-12;/h8-10,19H,2-7H2,1H3;1H. The molecule has 22 heavy (non-hydrogen) atoms. The maximum absolute atomic E-state index is 14.3. The summed E-state index contributed by atoms with van der Waals surface area (Å²) in [4.78, 5) is 6.57. The lowest BCUT2D eigenvalue weighted by atomic mass is 10.1. The molecule has 0 amide bonds. The van der Waals surface area contributed by atoms with Crippen LogP contribution in [0.2, 0.25) is 0 Å². The smallest absolute Gasteiger partial charge is 0.137 e. The van der Waals surface area contributed by atoms with Crippen molar-refractivity contribution in [1.82, 2.24) is 10.3 Å². The van der Waals surface area contributed by atoms with E-state index in [9.17, 15) is 8.78 Å². The number of halogens is 3. The minimum Gasteiger partial charge on any atom is -0.368 e. The van der Waals surface area contributed by atoms with Gasteiger partial charge in [-0.25, -0.2) is 8.78 Å². The van der Waals surface area contributed by atoms with E-state index in [-0.39, 0.29) is 12.4 Å². The van der Waals surface area contributed by atoms with E-state index in [1.54, 1.807) is 0 Å². The van der Waals surface area contributed by atoms with Crippen LogP contribution in [0.25, 0.3) is 10.9 Å². The number of aromatic nitrogens is 1. The number of rotatable bonds is 3. The van der Waals surface area contributed by atoms with Crippen molar-refractivity contribution in [1.29, 1.82) is 0 Å². The predicted molar refractivity (Wildman–Crippen MR) is 88.0 cm³/mol. The molecule has 1 fully saturated rings.